The first-order chi connectivity index (χ1) is 7.08. The average Bonchev–Trinajstić information content (AvgIpc) is 2.16. The first-order valence-corrected chi connectivity index (χ1v) is 5.38. The molecule has 0 radical (unpaired) electrons. The van der Waals surface area contributed by atoms with Crippen molar-refractivity contribution in [2.24, 2.45) is 5.92 Å². The Morgan fingerprint density at radius 2 is 2.13 bits per heavy atom. The Kier molecular flexibility index (Phi) is 2.51. The van der Waals surface area contributed by atoms with Crippen molar-refractivity contribution < 1.29 is 9.53 Å². The first kappa shape index (κ1) is 10.2. The summed E-state index contributed by atoms with van der Waals surface area (Å²) in [5.41, 5.74) is 1.86. The van der Waals surface area contributed by atoms with Crippen LogP contribution in [-0.4, -0.2) is 11.9 Å². The van der Waals surface area contributed by atoms with E-state index >= 15 is 0 Å². The summed E-state index contributed by atoms with van der Waals surface area (Å²) in [5.74, 6) is 1.34. The van der Waals surface area contributed by atoms with Gasteiger partial charge in [-0.1, -0.05) is 19.9 Å². The van der Waals surface area contributed by atoms with Gasteiger partial charge in [-0.3, -0.25) is 4.79 Å². The van der Waals surface area contributed by atoms with E-state index in [1.54, 1.807) is 0 Å². The van der Waals surface area contributed by atoms with Crippen molar-refractivity contribution in [1.82, 2.24) is 0 Å². The third kappa shape index (κ3) is 1.89. The molecular weight excluding hydrogens is 188 g/mol. The quantitative estimate of drug-likeness (QED) is 0.703. The summed E-state index contributed by atoms with van der Waals surface area (Å²) >= 11 is 0. The lowest BCUT2D eigenvalue weighted by molar-refractivity contribution is 0.0772. The van der Waals surface area contributed by atoms with Crippen molar-refractivity contribution in [3.63, 3.8) is 0 Å². The van der Waals surface area contributed by atoms with Crippen LogP contribution in [0.5, 0.6) is 5.75 Å². The van der Waals surface area contributed by atoms with Crippen LogP contribution in [0.3, 0.4) is 0 Å². The fourth-order valence-electron chi connectivity index (χ4n) is 1.83. The monoisotopic (exact) mass is 204 g/mol. The molecule has 0 spiro atoms. The molecule has 2 rings (SSSR count). The molecule has 2 heteroatoms. The summed E-state index contributed by atoms with van der Waals surface area (Å²) in [7, 11) is 0. The molecule has 1 atom stereocenters. The molecular formula is C13H16O2. The van der Waals surface area contributed by atoms with Gasteiger partial charge in [-0.2, -0.15) is 0 Å². The number of Topliss-reactive ketones (excluding diaryl/α,β-unsaturated/α-hetero) is 1. The number of aryl methyl sites for hydroxylation is 1. The van der Waals surface area contributed by atoms with Gasteiger partial charge in [0.1, 0.15) is 11.9 Å². The van der Waals surface area contributed by atoms with Crippen LogP contribution in [0.15, 0.2) is 18.2 Å². The molecule has 80 valence electrons. The van der Waals surface area contributed by atoms with Gasteiger partial charge in [0.05, 0.1) is 5.56 Å². The van der Waals surface area contributed by atoms with Gasteiger partial charge in [0.15, 0.2) is 5.78 Å². The number of carbonyl (C=O) groups is 1. The number of hydrogen-bond acceptors (Lipinski definition) is 2. The normalized spacial score (nSPS) is 20.0. The minimum absolute atomic E-state index is 0.0341. The molecule has 0 aliphatic carbocycles. The van der Waals surface area contributed by atoms with Gasteiger partial charge >= 0.3 is 0 Å². The zero-order valence-corrected chi connectivity index (χ0v) is 9.41. The van der Waals surface area contributed by atoms with E-state index in [0.717, 1.165) is 16.9 Å². The molecule has 1 unspecified atom stereocenters. The lowest BCUT2D eigenvalue weighted by Crippen LogP contribution is -2.31. The number of carbonyl (C=O) groups excluding carboxylic acids is 1. The van der Waals surface area contributed by atoms with Gasteiger partial charge in [0.25, 0.3) is 0 Å². The van der Waals surface area contributed by atoms with Gasteiger partial charge in [-0.25, -0.2) is 0 Å². The predicted molar refractivity (Wildman–Crippen MR) is 59.4 cm³/mol. The van der Waals surface area contributed by atoms with Gasteiger partial charge in [0.2, 0.25) is 0 Å². The smallest absolute Gasteiger partial charge is 0.170 e. The molecule has 0 amide bonds. The molecule has 1 aliphatic heterocycles. The highest BCUT2D eigenvalue weighted by molar-refractivity contribution is 6.00. The lowest BCUT2D eigenvalue weighted by atomic mass is 9.94. The molecule has 0 fully saturated rings. The minimum atomic E-state index is 0.0341. The van der Waals surface area contributed by atoms with E-state index in [1.165, 1.54) is 0 Å². The number of benzene rings is 1. The summed E-state index contributed by atoms with van der Waals surface area (Å²) in [5, 5.41) is 0. The largest absolute Gasteiger partial charge is 0.489 e. The Balaban J connectivity index is 2.37. The molecule has 1 heterocycles. The highest BCUT2D eigenvalue weighted by atomic mass is 16.5. The van der Waals surface area contributed by atoms with Crippen molar-refractivity contribution in [3.05, 3.63) is 29.3 Å². The maximum atomic E-state index is 11.8. The van der Waals surface area contributed by atoms with Crippen LogP contribution in [0.4, 0.5) is 0 Å². The molecule has 1 aliphatic rings. The Labute approximate surface area is 90.3 Å². The fourth-order valence-corrected chi connectivity index (χ4v) is 1.83. The third-order valence-electron chi connectivity index (χ3n) is 2.85. The van der Waals surface area contributed by atoms with Crippen LogP contribution in [0.1, 0.15) is 36.2 Å². The second kappa shape index (κ2) is 3.69. The van der Waals surface area contributed by atoms with Gasteiger partial charge in [-0.15, -0.1) is 0 Å². The minimum Gasteiger partial charge on any atom is -0.489 e. The van der Waals surface area contributed by atoms with Crippen molar-refractivity contribution in [2.75, 3.05) is 0 Å². The van der Waals surface area contributed by atoms with Gasteiger partial charge < -0.3 is 4.74 Å². The standard InChI is InChI=1S/C13H16O2/c1-8(2)12-7-11(14)10-5-4-9(3)6-13(10)15-12/h4-6,8,12H,7H2,1-3H3. The van der Waals surface area contributed by atoms with Crippen molar-refractivity contribution in [2.45, 2.75) is 33.3 Å². The van der Waals surface area contributed by atoms with E-state index in [-0.39, 0.29) is 11.9 Å². The van der Waals surface area contributed by atoms with Crippen LogP contribution in [0, 0.1) is 12.8 Å². The topological polar surface area (TPSA) is 26.3 Å². The van der Waals surface area contributed by atoms with E-state index in [9.17, 15) is 4.79 Å². The maximum Gasteiger partial charge on any atom is 0.170 e. The highest BCUT2D eigenvalue weighted by Crippen LogP contribution is 2.30. The van der Waals surface area contributed by atoms with Crippen molar-refractivity contribution in [3.8, 4) is 5.75 Å². The summed E-state index contributed by atoms with van der Waals surface area (Å²) in [6.45, 7) is 6.17. The predicted octanol–water partition coefficient (Wildman–Crippen LogP) is 2.98. The maximum absolute atomic E-state index is 11.8. The molecule has 0 aromatic heterocycles. The zero-order valence-electron chi connectivity index (χ0n) is 9.41. The highest BCUT2D eigenvalue weighted by Gasteiger charge is 2.28. The van der Waals surface area contributed by atoms with E-state index < -0.39 is 0 Å². The fraction of sp³-hybridized carbons (Fsp3) is 0.462. The Morgan fingerprint density at radius 1 is 1.40 bits per heavy atom. The van der Waals surface area contributed by atoms with Crippen LogP contribution in [-0.2, 0) is 0 Å². The molecule has 0 N–H and O–H groups in total. The zero-order chi connectivity index (χ0) is 11.0. The molecule has 0 bridgehead atoms. The molecule has 0 saturated carbocycles. The third-order valence-corrected chi connectivity index (χ3v) is 2.85. The SMILES string of the molecule is Cc1ccc2c(c1)OC(C(C)C)CC2=O. The molecule has 1 aromatic carbocycles. The van der Waals surface area contributed by atoms with Crippen LogP contribution >= 0.6 is 0 Å². The van der Waals surface area contributed by atoms with Crippen LogP contribution in [0.2, 0.25) is 0 Å². The number of rotatable bonds is 1. The number of fused-ring (bicyclic) bond motifs is 1. The van der Waals surface area contributed by atoms with Gasteiger partial charge in [0, 0.05) is 6.42 Å². The second-order valence-electron chi connectivity index (χ2n) is 4.53. The van der Waals surface area contributed by atoms with Gasteiger partial charge in [-0.05, 0) is 30.5 Å². The average molecular weight is 204 g/mol. The molecule has 0 saturated heterocycles. The Hall–Kier alpha value is -1.31. The summed E-state index contributed by atoms with van der Waals surface area (Å²) < 4.78 is 5.82. The lowest BCUT2D eigenvalue weighted by Gasteiger charge is -2.28. The number of ketones is 1. The van der Waals surface area contributed by atoms with Crippen LogP contribution < -0.4 is 4.74 Å². The van der Waals surface area contributed by atoms with Crippen LogP contribution in [0.25, 0.3) is 0 Å². The van der Waals surface area contributed by atoms with E-state index in [0.29, 0.717) is 12.3 Å². The molecule has 15 heavy (non-hydrogen) atoms. The summed E-state index contributed by atoms with van der Waals surface area (Å²) in [6.07, 6.45) is 0.542. The first-order valence-electron chi connectivity index (χ1n) is 5.38. The van der Waals surface area contributed by atoms with E-state index in [4.69, 9.17) is 4.74 Å². The number of hydrogen-bond donors (Lipinski definition) is 0. The molecule has 1 aromatic rings. The second-order valence-corrected chi connectivity index (χ2v) is 4.53. The molecule has 2 nitrogen and oxygen atoms in total. The van der Waals surface area contributed by atoms with E-state index in [1.807, 2.05) is 25.1 Å². The summed E-state index contributed by atoms with van der Waals surface area (Å²) in [4.78, 5) is 11.8. The van der Waals surface area contributed by atoms with E-state index in [2.05, 4.69) is 13.8 Å². The summed E-state index contributed by atoms with van der Waals surface area (Å²) in [6, 6.07) is 5.76. The Bertz CT molecular complexity index is 394. The van der Waals surface area contributed by atoms with Crippen molar-refractivity contribution >= 4 is 5.78 Å². The number of ether oxygens (including phenoxy) is 1. The Morgan fingerprint density at radius 3 is 2.80 bits per heavy atom. The van der Waals surface area contributed by atoms with Crippen molar-refractivity contribution in [1.29, 1.82) is 0 Å².